The molecule has 0 amide bonds. The van der Waals surface area contributed by atoms with Crippen molar-refractivity contribution >= 4 is 29.9 Å². The average Bonchev–Trinajstić information content (AvgIpc) is 2.90. The largest absolute Gasteiger partial charge is 0.391 e. The van der Waals surface area contributed by atoms with Crippen LogP contribution in [0, 0.1) is 5.82 Å². The Bertz CT molecular complexity index is 536. The van der Waals surface area contributed by atoms with Gasteiger partial charge in [0.05, 0.1) is 12.6 Å². The van der Waals surface area contributed by atoms with Crippen LogP contribution in [0.4, 0.5) is 4.39 Å². The lowest BCUT2D eigenvalue weighted by Crippen LogP contribution is -2.41. The number of hydrogen-bond donors (Lipinski definition) is 2. The minimum absolute atomic E-state index is 0. The second-order valence-electron chi connectivity index (χ2n) is 6.42. The van der Waals surface area contributed by atoms with Gasteiger partial charge in [0.15, 0.2) is 5.96 Å². The highest BCUT2D eigenvalue weighted by Gasteiger charge is 2.26. The van der Waals surface area contributed by atoms with Gasteiger partial charge in [0.2, 0.25) is 0 Å². The van der Waals surface area contributed by atoms with Crippen LogP contribution in [0.5, 0.6) is 0 Å². The van der Waals surface area contributed by atoms with Crippen LogP contribution in [-0.4, -0.2) is 48.2 Å². The van der Waals surface area contributed by atoms with Crippen LogP contribution in [-0.2, 0) is 5.41 Å². The number of aliphatic imine (C=N–C) groups is 1. The summed E-state index contributed by atoms with van der Waals surface area (Å²) in [4.78, 5) is 6.73. The molecule has 1 heterocycles. The minimum atomic E-state index is -0.385. The molecular weight excluding hydrogens is 408 g/mol. The fourth-order valence-corrected chi connectivity index (χ4v) is 2.73. The first-order chi connectivity index (χ1) is 10.4. The molecule has 2 N–H and O–H groups in total. The Kier molecular flexibility index (Phi) is 7.73. The topological polar surface area (TPSA) is 47.9 Å². The van der Waals surface area contributed by atoms with Crippen molar-refractivity contribution in [2.24, 2.45) is 4.99 Å². The van der Waals surface area contributed by atoms with Crippen molar-refractivity contribution in [3.63, 3.8) is 0 Å². The number of aliphatic hydroxyl groups is 1. The third kappa shape index (κ3) is 5.31. The number of rotatable bonds is 4. The molecule has 0 unspecified atom stereocenters. The second-order valence-corrected chi connectivity index (χ2v) is 6.42. The number of nitrogens with zero attached hydrogens (tertiary/aromatic N) is 2. The monoisotopic (exact) mass is 435 g/mol. The van der Waals surface area contributed by atoms with Crippen molar-refractivity contribution in [3.05, 3.63) is 35.6 Å². The zero-order valence-electron chi connectivity index (χ0n) is 14.1. The number of halogens is 2. The van der Waals surface area contributed by atoms with Crippen LogP contribution in [0.3, 0.4) is 0 Å². The third-order valence-electron chi connectivity index (χ3n) is 4.02. The Morgan fingerprint density at radius 3 is 2.70 bits per heavy atom. The van der Waals surface area contributed by atoms with E-state index in [1.807, 2.05) is 32.9 Å². The van der Waals surface area contributed by atoms with Crippen molar-refractivity contribution in [2.45, 2.75) is 38.7 Å². The van der Waals surface area contributed by atoms with Gasteiger partial charge in [0.1, 0.15) is 5.82 Å². The molecule has 1 aromatic rings. The molecule has 1 saturated heterocycles. The minimum Gasteiger partial charge on any atom is -0.391 e. The van der Waals surface area contributed by atoms with Crippen molar-refractivity contribution in [3.8, 4) is 0 Å². The number of β-amino-alcohol motifs (C(OH)–C–C–N with tert-alkyl or cyclic N) is 1. The van der Waals surface area contributed by atoms with E-state index >= 15 is 0 Å². The van der Waals surface area contributed by atoms with Crippen LogP contribution in [0.15, 0.2) is 29.3 Å². The quantitative estimate of drug-likeness (QED) is 0.435. The second kappa shape index (κ2) is 8.82. The first-order valence-electron chi connectivity index (χ1n) is 7.90. The predicted molar refractivity (Wildman–Crippen MR) is 103 cm³/mol. The molecular formula is C17H27FIN3O. The van der Waals surface area contributed by atoms with Gasteiger partial charge in [0, 0.05) is 25.0 Å². The Morgan fingerprint density at radius 2 is 2.13 bits per heavy atom. The maximum atomic E-state index is 14.0. The molecule has 1 aliphatic rings. The summed E-state index contributed by atoms with van der Waals surface area (Å²) < 4.78 is 14.0. The molecule has 0 spiro atoms. The summed E-state index contributed by atoms with van der Waals surface area (Å²) in [5.41, 5.74) is 0.292. The van der Waals surface area contributed by atoms with Crippen LogP contribution < -0.4 is 5.32 Å². The number of hydrogen-bond acceptors (Lipinski definition) is 2. The number of benzene rings is 1. The predicted octanol–water partition coefficient (Wildman–Crippen LogP) is 2.75. The van der Waals surface area contributed by atoms with E-state index in [2.05, 4.69) is 15.2 Å². The van der Waals surface area contributed by atoms with Gasteiger partial charge in [-0.15, -0.1) is 24.0 Å². The summed E-state index contributed by atoms with van der Waals surface area (Å²) >= 11 is 0. The fraction of sp³-hybridized carbons (Fsp3) is 0.588. The lowest BCUT2D eigenvalue weighted by Gasteiger charge is -2.26. The molecule has 130 valence electrons. The molecule has 1 fully saturated rings. The van der Waals surface area contributed by atoms with Gasteiger partial charge in [-0.2, -0.15) is 0 Å². The van der Waals surface area contributed by atoms with Gasteiger partial charge in [-0.3, -0.25) is 4.99 Å². The van der Waals surface area contributed by atoms with Crippen LogP contribution in [0.2, 0.25) is 0 Å². The normalized spacial score (nSPS) is 18.7. The SMILES string of the molecule is CCNC(=NCC(C)(C)c1ccccc1F)N1CC[C@@H](O)C1.I. The highest BCUT2D eigenvalue weighted by Crippen LogP contribution is 2.26. The van der Waals surface area contributed by atoms with Crippen molar-refractivity contribution in [2.75, 3.05) is 26.2 Å². The maximum Gasteiger partial charge on any atom is 0.194 e. The molecule has 1 aromatic carbocycles. The summed E-state index contributed by atoms with van der Waals surface area (Å²) in [5, 5.41) is 12.9. The number of nitrogens with one attached hydrogen (secondary N) is 1. The van der Waals surface area contributed by atoms with E-state index in [9.17, 15) is 9.50 Å². The van der Waals surface area contributed by atoms with E-state index in [0.29, 0.717) is 18.7 Å². The summed E-state index contributed by atoms with van der Waals surface area (Å²) in [6, 6.07) is 6.86. The average molecular weight is 435 g/mol. The van der Waals surface area contributed by atoms with Gasteiger partial charge >= 0.3 is 0 Å². The highest BCUT2D eigenvalue weighted by atomic mass is 127. The molecule has 23 heavy (non-hydrogen) atoms. The van der Waals surface area contributed by atoms with Crippen LogP contribution in [0.1, 0.15) is 32.8 Å². The van der Waals surface area contributed by atoms with E-state index < -0.39 is 0 Å². The Hall–Kier alpha value is -0.890. The van der Waals surface area contributed by atoms with Gasteiger partial charge in [0.25, 0.3) is 0 Å². The van der Waals surface area contributed by atoms with Gasteiger partial charge < -0.3 is 15.3 Å². The lowest BCUT2D eigenvalue weighted by molar-refractivity contribution is 0.187. The van der Waals surface area contributed by atoms with E-state index in [0.717, 1.165) is 25.5 Å². The summed E-state index contributed by atoms with van der Waals surface area (Å²) in [6.07, 6.45) is 0.477. The van der Waals surface area contributed by atoms with E-state index in [1.54, 1.807) is 6.07 Å². The molecule has 4 nitrogen and oxygen atoms in total. The summed E-state index contributed by atoms with van der Waals surface area (Å²) in [6.45, 7) is 8.67. The molecule has 0 bridgehead atoms. The molecule has 6 heteroatoms. The molecule has 0 radical (unpaired) electrons. The van der Waals surface area contributed by atoms with Gasteiger partial charge in [-0.25, -0.2) is 4.39 Å². The molecule has 0 saturated carbocycles. The van der Waals surface area contributed by atoms with E-state index in [4.69, 9.17) is 0 Å². The smallest absolute Gasteiger partial charge is 0.194 e. The van der Waals surface area contributed by atoms with Gasteiger partial charge in [-0.1, -0.05) is 32.0 Å². The Labute approximate surface area is 155 Å². The van der Waals surface area contributed by atoms with E-state index in [-0.39, 0.29) is 41.3 Å². The highest BCUT2D eigenvalue weighted by molar-refractivity contribution is 14.0. The van der Waals surface area contributed by atoms with Crippen molar-refractivity contribution in [1.29, 1.82) is 0 Å². The Morgan fingerprint density at radius 1 is 1.43 bits per heavy atom. The summed E-state index contributed by atoms with van der Waals surface area (Å²) in [5.74, 6) is 0.604. The molecule has 2 rings (SSSR count). The fourth-order valence-electron chi connectivity index (χ4n) is 2.73. The summed E-state index contributed by atoms with van der Waals surface area (Å²) in [7, 11) is 0. The lowest BCUT2D eigenvalue weighted by atomic mass is 9.84. The Balaban J connectivity index is 0.00000264. The standard InChI is InChI=1S/C17H26FN3O.HI/c1-4-19-16(21-10-9-13(22)11-21)20-12-17(2,3)14-7-5-6-8-15(14)18;/h5-8,13,22H,4,9-12H2,1-3H3,(H,19,20);1H/t13-;/m1./s1. The number of guanidine groups is 1. The first-order valence-corrected chi connectivity index (χ1v) is 7.90. The van der Waals surface area contributed by atoms with Gasteiger partial charge in [-0.05, 0) is 25.0 Å². The first kappa shape index (κ1) is 20.2. The third-order valence-corrected chi connectivity index (χ3v) is 4.02. The number of aliphatic hydroxyl groups excluding tert-OH is 1. The number of likely N-dealkylation sites (tertiary alicyclic amines) is 1. The van der Waals surface area contributed by atoms with Crippen molar-refractivity contribution in [1.82, 2.24) is 10.2 Å². The molecule has 1 atom stereocenters. The molecule has 0 aliphatic carbocycles. The zero-order chi connectivity index (χ0) is 16.2. The maximum absolute atomic E-state index is 14.0. The molecule has 0 aromatic heterocycles. The van der Waals surface area contributed by atoms with Crippen LogP contribution >= 0.6 is 24.0 Å². The van der Waals surface area contributed by atoms with E-state index in [1.165, 1.54) is 6.07 Å². The van der Waals surface area contributed by atoms with Crippen molar-refractivity contribution < 1.29 is 9.50 Å². The molecule has 1 aliphatic heterocycles. The van der Waals surface area contributed by atoms with Crippen LogP contribution in [0.25, 0.3) is 0 Å². The zero-order valence-corrected chi connectivity index (χ0v) is 16.4.